The summed E-state index contributed by atoms with van der Waals surface area (Å²) in [4.78, 5) is 24.0. The summed E-state index contributed by atoms with van der Waals surface area (Å²) < 4.78 is 11.0. The van der Waals surface area contributed by atoms with Crippen LogP contribution in [-0.2, 0) is 6.61 Å². The van der Waals surface area contributed by atoms with Crippen LogP contribution in [0.4, 0.5) is 0 Å². The largest absolute Gasteiger partial charge is 0.486 e. The number of halogens is 1. The molecule has 0 fully saturated rings. The van der Waals surface area contributed by atoms with Crippen molar-refractivity contribution >= 4 is 23.4 Å². The van der Waals surface area contributed by atoms with E-state index in [1.807, 2.05) is 30.3 Å². The van der Waals surface area contributed by atoms with E-state index in [9.17, 15) is 9.59 Å². The van der Waals surface area contributed by atoms with Gasteiger partial charge in [-0.1, -0.05) is 35.9 Å². The minimum Gasteiger partial charge on any atom is -0.486 e. The summed E-state index contributed by atoms with van der Waals surface area (Å²) >= 11 is 5.83. The molecule has 0 spiro atoms. The first-order valence-electron chi connectivity index (χ1n) is 7.74. The van der Waals surface area contributed by atoms with E-state index in [1.165, 1.54) is 12.1 Å². The fraction of sp³-hybridized carbons (Fsp3) is 0.0526. The molecule has 7 heteroatoms. The zero-order valence-corrected chi connectivity index (χ0v) is 14.3. The van der Waals surface area contributed by atoms with E-state index < -0.39 is 11.8 Å². The first-order chi connectivity index (χ1) is 12.6. The highest BCUT2D eigenvalue weighted by atomic mass is 35.5. The van der Waals surface area contributed by atoms with Crippen LogP contribution in [0.3, 0.4) is 0 Å². The third-order valence-electron chi connectivity index (χ3n) is 3.39. The zero-order chi connectivity index (χ0) is 18.4. The normalized spacial score (nSPS) is 10.2. The van der Waals surface area contributed by atoms with Crippen LogP contribution in [0.15, 0.2) is 71.1 Å². The summed E-state index contributed by atoms with van der Waals surface area (Å²) in [7, 11) is 0. The van der Waals surface area contributed by atoms with Crippen molar-refractivity contribution < 1.29 is 18.7 Å². The average molecular weight is 371 g/mol. The van der Waals surface area contributed by atoms with Gasteiger partial charge in [0.05, 0.1) is 0 Å². The zero-order valence-electron chi connectivity index (χ0n) is 13.6. The summed E-state index contributed by atoms with van der Waals surface area (Å²) in [5.74, 6) is 0.179. The third kappa shape index (κ3) is 4.64. The minimum atomic E-state index is -0.577. The van der Waals surface area contributed by atoms with Crippen molar-refractivity contribution in [1.82, 2.24) is 10.9 Å². The van der Waals surface area contributed by atoms with E-state index in [-0.39, 0.29) is 12.4 Å². The molecule has 2 aromatic carbocycles. The Kier molecular flexibility index (Phi) is 5.56. The SMILES string of the molecule is O=C(NNC(=O)c1ccc(COc2ccccc2)o1)c1cccc(Cl)c1. The van der Waals surface area contributed by atoms with E-state index in [1.54, 1.807) is 24.3 Å². The van der Waals surface area contributed by atoms with Gasteiger partial charge in [0.25, 0.3) is 5.91 Å². The van der Waals surface area contributed by atoms with Gasteiger partial charge in [0.2, 0.25) is 0 Å². The van der Waals surface area contributed by atoms with Crippen molar-refractivity contribution in [3.63, 3.8) is 0 Å². The molecular formula is C19H15ClN2O4. The molecular weight excluding hydrogens is 356 g/mol. The molecule has 3 aromatic rings. The number of rotatable bonds is 5. The predicted molar refractivity (Wildman–Crippen MR) is 95.9 cm³/mol. The summed E-state index contributed by atoms with van der Waals surface area (Å²) in [6, 6.07) is 18.8. The summed E-state index contributed by atoms with van der Waals surface area (Å²) in [5.41, 5.74) is 4.92. The van der Waals surface area contributed by atoms with E-state index in [0.717, 1.165) is 0 Å². The van der Waals surface area contributed by atoms with Gasteiger partial charge < -0.3 is 9.15 Å². The predicted octanol–water partition coefficient (Wildman–Crippen LogP) is 3.59. The van der Waals surface area contributed by atoms with Crippen LogP contribution in [0.2, 0.25) is 5.02 Å². The van der Waals surface area contributed by atoms with Crippen LogP contribution in [0, 0.1) is 0 Å². The maximum absolute atomic E-state index is 12.0. The lowest BCUT2D eigenvalue weighted by Gasteiger charge is -2.06. The molecule has 0 radical (unpaired) electrons. The number of para-hydroxylation sites is 1. The molecule has 1 heterocycles. The van der Waals surface area contributed by atoms with E-state index in [2.05, 4.69) is 10.9 Å². The number of nitrogens with one attached hydrogen (secondary N) is 2. The summed E-state index contributed by atoms with van der Waals surface area (Å²) in [6.07, 6.45) is 0. The molecule has 0 aliphatic rings. The van der Waals surface area contributed by atoms with Gasteiger partial charge in [0, 0.05) is 10.6 Å². The summed E-state index contributed by atoms with van der Waals surface area (Å²) in [5, 5.41) is 0.429. The minimum absolute atomic E-state index is 0.0584. The number of benzene rings is 2. The number of hydrogen-bond donors (Lipinski definition) is 2. The van der Waals surface area contributed by atoms with Crippen LogP contribution in [0.1, 0.15) is 26.7 Å². The monoisotopic (exact) mass is 370 g/mol. The Morgan fingerprint density at radius 2 is 1.69 bits per heavy atom. The second kappa shape index (κ2) is 8.22. The smallest absolute Gasteiger partial charge is 0.305 e. The molecule has 2 N–H and O–H groups in total. The molecule has 3 rings (SSSR count). The Bertz CT molecular complexity index is 909. The fourth-order valence-electron chi connectivity index (χ4n) is 2.13. The first-order valence-corrected chi connectivity index (χ1v) is 8.12. The Morgan fingerprint density at radius 3 is 2.46 bits per heavy atom. The highest BCUT2D eigenvalue weighted by molar-refractivity contribution is 6.30. The lowest BCUT2D eigenvalue weighted by Crippen LogP contribution is -2.41. The molecule has 0 aliphatic carbocycles. The van der Waals surface area contributed by atoms with E-state index in [4.69, 9.17) is 20.8 Å². The van der Waals surface area contributed by atoms with Crippen molar-refractivity contribution in [3.05, 3.63) is 88.8 Å². The van der Waals surface area contributed by atoms with Crippen molar-refractivity contribution in [1.29, 1.82) is 0 Å². The Labute approximate surface area is 154 Å². The van der Waals surface area contributed by atoms with Crippen LogP contribution in [0.25, 0.3) is 0 Å². The molecule has 2 amide bonds. The number of carbonyl (C=O) groups is 2. The second-order valence-corrected chi connectivity index (χ2v) is 5.72. The number of amides is 2. The van der Waals surface area contributed by atoms with Gasteiger partial charge in [-0.25, -0.2) is 0 Å². The molecule has 132 valence electrons. The Hall–Kier alpha value is -3.25. The maximum Gasteiger partial charge on any atom is 0.305 e. The number of carbonyl (C=O) groups excluding carboxylic acids is 2. The van der Waals surface area contributed by atoms with Gasteiger partial charge in [-0.15, -0.1) is 0 Å². The fourth-order valence-corrected chi connectivity index (χ4v) is 2.32. The van der Waals surface area contributed by atoms with Crippen molar-refractivity contribution in [3.8, 4) is 5.75 Å². The van der Waals surface area contributed by atoms with Crippen LogP contribution in [-0.4, -0.2) is 11.8 Å². The van der Waals surface area contributed by atoms with Gasteiger partial charge in [0.15, 0.2) is 5.76 Å². The average Bonchev–Trinajstić information content (AvgIpc) is 3.14. The number of furan rings is 1. The molecule has 0 saturated heterocycles. The molecule has 0 saturated carbocycles. The van der Waals surface area contributed by atoms with Crippen molar-refractivity contribution in [2.75, 3.05) is 0 Å². The number of hydrazine groups is 1. The van der Waals surface area contributed by atoms with Gasteiger partial charge in [-0.2, -0.15) is 0 Å². The molecule has 0 atom stereocenters. The van der Waals surface area contributed by atoms with Gasteiger partial charge >= 0.3 is 5.91 Å². The van der Waals surface area contributed by atoms with Crippen LogP contribution < -0.4 is 15.6 Å². The Morgan fingerprint density at radius 1 is 0.923 bits per heavy atom. The molecule has 0 bridgehead atoms. The van der Waals surface area contributed by atoms with E-state index in [0.29, 0.717) is 22.1 Å². The lowest BCUT2D eigenvalue weighted by molar-refractivity contribution is 0.0828. The third-order valence-corrected chi connectivity index (χ3v) is 3.62. The van der Waals surface area contributed by atoms with E-state index >= 15 is 0 Å². The lowest BCUT2D eigenvalue weighted by atomic mass is 10.2. The van der Waals surface area contributed by atoms with Gasteiger partial charge in [-0.05, 0) is 42.5 Å². The summed E-state index contributed by atoms with van der Waals surface area (Å²) in [6.45, 7) is 0.187. The molecule has 26 heavy (non-hydrogen) atoms. The van der Waals surface area contributed by atoms with Crippen LogP contribution >= 0.6 is 11.6 Å². The quantitative estimate of drug-likeness (QED) is 0.672. The molecule has 0 unspecified atom stereocenters. The maximum atomic E-state index is 12.0. The van der Waals surface area contributed by atoms with Gasteiger partial charge in [0.1, 0.15) is 18.1 Å². The van der Waals surface area contributed by atoms with Gasteiger partial charge in [-0.3, -0.25) is 20.4 Å². The van der Waals surface area contributed by atoms with Crippen LogP contribution in [0.5, 0.6) is 5.75 Å². The number of ether oxygens (including phenoxy) is 1. The topological polar surface area (TPSA) is 80.6 Å². The Balaban J connectivity index is 1.52. The number of hydrogen-bond acceptors (Lipinski definition) is 4. The molecule has 0 aliphatic heterocycles. The molecule has 1 aromatic heterocycles. The molecule has 6 nitrogen and oxygen atoms in total. The van der Waals surface area contributed by atoms with Crippen molar-refractivity contribution in [2.24, 2.45) is 0 Å². The highest BCUT2D eigenvalue weighted by Crippen LogP contribution is 2.14. The highest BCUT2D eigenvalue weighted by Gasteiger charge is 2.13. The standard InChI is InChI=1S/C19H15ClN2O4/c20-14-6-4-5-13(11-14)18(23)21-22-19(24)17-10-9-16(26-17)12-25-15-7-2-1-3-8-15/h1-11H,12H2,(H,21,23)(H,22,24). The van der Waals surface area contributed by atoms with Crippen molar-refractivity contribution in [2.45, 2.75) is 6.61 Å². The second-order valence-electron chi connectivity index (χ2n) is 5.29. The first kappa shape index (κ1) is 17.6.